The van der Waals surface area contributed by atoms with Gasteiger partial charge in [-0.15, -0.1) is 0 Å². The van der Waals surface area contributed by atoms with Crippen molar-refractivity contribution in [3.63, 3.8) is 0 Å². The molecule has 1 saturated heterocycles. The van der Waals surface area contributed by atoms with E-state index in [0.29, 0.717) is 5.54 Å². The topological polar surface area (TPSA) is 12.0 Å². The van der Waals surface area contributed by atoms with Crippen LogP contribution in [-0.4, -0.2) is 12.1 Å². The van der Waals surface area contributed by atoms with Crippen molar-refractivity contribution in [1.82, 2.24) is 5.32 Å². The van der Waals surface area contributed by atoms with Crippen molar-refractivity contribution >= 4 is 0 Å². The molecular weight excluding hydrogens is 201 g/mol. The molecule has 2 rings (SSSR count). The van der Waals surface area contributed by atoms with Crippen LogP contribution in [0, 0.1) is 5.82 Å². The summed E-state index contributed by atoms with van der Waals surface area (Å²) in [7, 11) is 0. The monoisotopic (exact) mass is 221 g/mol. The summed E-state index contributed by atoms with van der Waals surface area (Å²) in [5, 5.41) is 3.61. The quantitative estimate of drug-likeness (QED) is 0.822. The molecule has 0 amide bonds. The summed E-state index contributed by atoms with van der Waals surface area (Å²) >= 11 is 0. The molecule has 1 atom stereocenters. The molecule has 1 aliphatic rings. The third-order valence-corrected chi connectivity index (χ3v) is 3.79. The average molecular weight is 221 g/mol. The van der Waals surface area contributed by atoms with Gasteiger partial charge in [0.2, 0.25) is 0 Å². The number of hydrogen-bond acceptors (Lipinski definition) is 1. The van der Waals surface area contributed by atoms with Crippen LogP contribution in [0.2, 0.25) is 0 Å². The Kier molecular flexibility index (Phi) is 3.59. The highest BCUT2D eigenvalue weighted by molar-refractivity contribution is 5.17. The van der Waals surface area contributed by atoms with Crippen molar-refractivity contribution in [3.05, 3.63) is 35.6 Å². The lowest BCUT2D eigenvalue weighted by molar-refractivity contribution is 0.336. The van der Waals surface area contributed by atoms with Crippen molar-refractivity contribution in [2.45, 2.75) is 44.6 Å². The van der Waals surface area contributed by atoms with Gasteiger partial charge in [-0.2, -0.15) is 0 Å². The van der Waals surface area contributed by atoms with E-state index < -0.39 is 0 Å². The fourth-order valence-electron chi connectivity index (χ4n) is 2.64. The zero-order chi connectivity index (χ0) is 11.4. The van der Waals surface area contributed by atoms with E-state index in [1.165, 1.54) is 25.3 Å². The molecule has 0 saturated carbocycles. The first-order chi connectivity index (χ1) is 7.74. The zero-order valence-corrected chi connectivity index (χ0v) is 9.93. The van der Waals surface area contributed by atoms with Gasteiger partial charge in [0.25, 0.3) is 0 Å². The van der Waals surface area contributed by atoms with Crippen LogP contribution in [0.3, 0.4) is 0 Å². The SMILES string of the molecule is CCC1(CCc2cccc(F)c2)CCCN1. The lowest BCUT2D eigenvalue weighted by Crippen LogP contribution is -2.39. The molecule has 88 valence electrons. The zero-order valence-electron chi connectivity index (χ0n) is 9.93. The molecule has 1 aromatic carbocycles. The fraction of sp³-hybridized carbons (Fsp3) is 0.571. The van der Waals surface area contributed by atoms with Gasteiger partial charge in [0.1, 0.15) is 5.82 Å². The molecule has 16 heavy (non-hydrogen) atoms. The molecule has 1 aromatic rings. The summed E-state index contributed by atoms with van der Waals surface area (Å²) in [5.41, 5.74) is 1.42. The van der Waals surface area contributed by atoms with Crippen LogP contribution in [-0.2, 0) is 6.42 Å². The first-order valence-electron chi connectivity index (χ1n) is 6.24. The predicted octanol–water partition coefficient (Wildman–Crippen LogP) is 3.29. The highest BCUT2D eigenvalue weighted by Crippen LogP contribution is 2.28. The Hall–Kier alpha value is -0.890. The minimum Gasteiger partial charge on any atom is -0.311 e. The van der Waals surface area contributed by atoms with Gasteiger partial charge in [-0.25, -0.2) is 4.39 Å². The Morgan fingerprint density at radius 1 is 1.44 bits per heavy atom. The minimum absolute atomic E-state index is 0.123. The third-order valence-electron chi connectivity index (χ3n) is 3.79. The van der Waals surface area contributed by atoms with E-state index in [9.17, 15) is 4.39 Å². The number of rotatable bonds is 4. The lowest BCUT2D eigenvalue weighted by atomic mass is 9.87. The van der Waals surface area contributed by atoms with E-state index in [0.717, 1.165) is 24.9 Å². The van der Waals surface area contributed by atoms with Crippen LogP contribution in [0.4, 0.5) is 4.39 Å². The highest BCUT2D eigenvalue weighted by atomic mass is 19.1. The average Bonchev–Trinajstić information content (AvgIpc) is 2.76. The maximum absolute atomic E-state index is 13.0. The smallest absolute Gasteiger partial charge is 0.123 e. The Morgan fingerprint density at radius 3 is 2.94 bits per heavy atom. The first-order valence-corrected chi connectivity index (χ1v) is 6.24. The predicted molar refractivity (Wildman–Crippen MR) is 65.0 cm³/mol. The maximum Gasteiger partial charge on any atom is 0.123 e. The highest BCUT2D eigenvalue weighted by Gasteiger charge is 2.30. The maximum atomic E-state index is 13.0. The molecule has 1 N–H and O–H groups in total. The van der Waals surface area contributed by atoms with E-state index in [-0.39, 0.29) is 5.82 Å². The van der Waals surface area contributed by atoms with Crippen LogP contribution in [0.15, 0.2) is 24.3 Å². The molecule has 1 aliphatic heterocycles. The number of nitrogens with one attached hydrogen (secondary N) is 1. The van der Waals surface area contributed by atoms with E-state index in [4.69, 9.17) is 0 Å². The van der Waals surface area contributed by atoms with Gasteiger partial charge in [0.05, 0.1) is 0 Å². The van der Waals surface area contributed by atoms with E-state index in [1.807, 2.05) is 6.07 Å². The summed E-state index contributed by atoms with van der Waals surface area (Å²) in [4.78, 5) is 0. The van der Waals surface area contributed by atoms with Crippen LogP contribution < -0.4 is 5.32 Å². The van der Waals surface area contributed by atoms with Crippen molar-refractivity contribution in [2.24, 2.45) is 0 Å². The fourth-order valence-corrected chi connectivity index (χ4v) is 2.64. The molecule has 1 unspecified atom stereocenters. The van der Waals surface area contributed by atoms with Gasteiger partial charge in [0, 0.05) is 5.54 Å². The second-order valence-electron chi connectivity index (χ2n) is 4.79. The Bertz CT molecular complexity index is 342. The first kappa shape index (κ1) is 11.6. The van der Waals surface area contributed by atoms with Crippen LogP contribution in [0.25, 0.3) is 0 Å². The summed E-state index contributed by atoms with van der Waals surface area (Å²) in [6.07, 6.45) is 5.80. The number of aryl methyl sites for hydroxylation is 1. The molecular formula is C14H20FN. The molecule has 0 bridgehead atoms. The van der Waals surface area contributed by atoms with Gasteiger partial charge in [-0.05, 0) is 56.3 Å². The van der Waals surface area contributed by atoms with E-state index in [1.54, 1.807) is 12.1 Å². The number of halogens is 1. The van der Waals surface area contributed by atoms with Gasteiger partial charge in [-0.3, -0.25) is 0 Å². The molecule has 1 heterocycles. The van der Waals surface area contributed by atoms with Crippen molar-refractivity contribution in [3.8, 4) is 0 Å². The molecule has 1 fully saturated rings. The van der Waals surface area contributed by atoms with Gasteiger partial charge in [-0.1, -0.05) is 19.1 Å². The Labute approximate surface area is 97.1 Å². The molecule has 0 aliphatic carbocycles. The van der Waals surface area contributed by atoms with Crippen LogP contribution >= 0.6 is 0 Å². The second kappa shape index (κ2) is 4.96. The summed E-state index contributed by atoms with van der Waals surface area (Å²) in [6.45, 7) is 3.38. The Balaban J connectivity index is 1.95. The van der Waals surface area contributed by atoms with Crippen LogP contribution in [0.1, 0.15) is 38.2 Å². The van der Waals surface area contributed by atoms with E-state index >= 15 is 0 Å². The van der Waals surface area contributed by atoms with Gasteiger partial charge >= 0.3 is 0 Å². The van der Waals surface area contributed by atoms with Crippen molar-refractivity contribution in [1.29, 1.82) is 0 Å². The number of hydrogen-bond donors (Lipinski definition) is 1. The summed E-state index contributed by atoms with van der Waals surface area (Å²) in [5.74, 6) is -0.123. The van der Waals surface area contributed by atoms with E-state index in [2.05, 4.69) is 12.2 Å². The minimum atomic E-state index is -0.123. The molecule has 0 aromatic heterocycles. The Morgan fingerprint density at radius 2 is 2.31 bits per heavy atom. The summed E-state index contributed by atoms with van der Waals surface area (Å²) in [6, 6.07) is 6.97. The largest absolute Gasteiger partial charge is 0.311 e. The molecule has 1 nitrogen and oxygen atoms in total. The van der Waals surface area contributed by atoms with Crippen molar-refractivity contribution < 1.29 is 4.39 Å². The molecule has 0 spiro atoms. The third kappa shape index (κ3) is 2.62. The normalized spacial score (nSPS) is 24.9. The second-order valence-corrected chi connectivity index (χ2v) is 4.79. The lowest BCUT2D eigenvalue weighted by Gasteiger charge is -2.28. The summed E-state index contributed by atoms with van der Waals surface area (Å²) < 4.78 is 13.0. The van der Waals surface area contributed by atoms with Gasteiger partial charge < -0.3 is 5.32 Å². The molecule has 2 heteroatoms. The standard InChI is InChI=1S/C14H20FN/c1-2-14(8-4-10-16-14)9-7-12-5-3-6-13(15)11-12/h3,5-6,11,16H,2,4,7-10H2,1H3. The van der Waals surface area contributed by atoms with Gasteiger partial charge in [0.15, 0.2) is 0 Å². The van der Waals surface area contributed by atoms with Crippen molar-refractivity contribution in [2.75, 3.05) is 6.54 Å². The molecule has 0 radical (unpaired) electrons. The number of benzene rings is 1. The van der Waals surface area contributed by atoms with Crippen LogP contribution in [0.5, 0.6) is 0 Å².